The fourth-order valence-electron chi connectivity index (χ4n) is 2.47. The number of para-hydroxylation sites is 1. The summed E-state index contributed by atoms with van der Waals surface area (Å²) >= 11 is 0. The van der Waals surface area contributed by atoms with Crippen LogP contribution in [0.25, 0.3) is 0 Å². The molecule has 0 aliphatic carbocycles. The van der Waals surface area contributed by atoms with E-state index >= 15 is 0 Å². The Bertz CT molecular complexity index is 512. The zero-order chi connectivity index (χ0) is 14.5. The van der Waals surface area contributed by atoms with Crippen molar-refractivity contribution in [1.82, 2.24) is 4.90 Å². The van der Waals surface area contributed by atoms with Gasteiger partial charge in [0.2, 0.25) is 5.91 Å². The lowest BCUT2D eigenvalue weighted by Gasteiger charge is -2.31. The molecular formula is C15H21N3O2. The van der Waals surface area contributed by atoms with Crippen LogP contribution in [-0.2, 0) is 4.79 Å². The zero-order valence-corrected chi connectivity index (χ0v) is 12.0. The number of carbonyl (C=O) groups is 1. The topological polar surface area (TPSA) is 56.1 Å². The molecule has 1 amide bonds. The van der Waals surface area contributed by atoms with Crippen molar-refractivity contribution in [2.75, 3.05) is 32.1 Å². The maximum atomic E-state index is 11.6. The van der Waals surface area contributed by atoms with Crippen LogP contribution in [0.4, 0.5) is 5.69 Å². The summed E-state index contributed by atoms with van der Waals surface area (Å²) in [5, 5.41) is 12.4. The predicted molar refractivity (Wildman–Crippen MR) is 79.5 cm³/mol. The minimum Gasteiger partial charge on any atom is -0.411 e. The smallest absolute Gasteiger partial charge is 0.222 e. The van der Waals surface area contributed by atoms with Crippen LogP contribution in [0.2, 0.25) is 0 Å². The summed E-state index contributed by atoms with van der Waals surface area (Å²) in [5.74, 6) is 0.160. The molecule has 0 atom stereocenters. The van der Waals surface area contributed by atoms with Crippen LogP contribution < -0.4 is 4.90 Å². The van der Waals surface area contributed by atoms with Gasteiger partial charge >= 0.3 is 0 Å². The monoisotopic (exact) mass is 275 g/mol. The fraction of sp³-hybridized carbons (Fsp3) is 0.467. The Kier molecular flexibility index (Phi) is 4.61. The molecule has 2 rings (SSSR count). The largest absolute Gasteiger partial charge is 0.411 e. The summed E-state index contributed by atoms with van der Waals surface area (Å²) in [4.78, 5) is 15.5. The summed E-state index contributed by atoms with van der Waals surface area (Å²) in [6.07, 6.45) is 2.12. The molecule has 0 aromatic heterocycles. The Hall–Kier alpha value is -2.04. The molecule has 5 nitrogen and oxygen atoms in total. The van der Waals surface area contributed by atoms with E-state index in [1.807, 2.05) is 24.3 Å². The van der Waals surface area contributed by atoms with E-state index in [-0.39, 0.29) is 5.91 Å². The van der Waals surface area contributed by atoms with Crippen LogP contribution in [0, 0.1) is 0 Å². The first-order valence-corrected chi connectivity index (χ1v) is 6.89. The van der Waals surface area contributed by atoms with E-state index in [1.54, 1.807) is 19.0 Å². The van der Waals surface area contributed by atoms with Gasteiger partial charge in [0.1, 0.15) is 0 Å². The van der Waals surface area contributed by atoms with Crippen molar-refractivity contribution < 1.29 is 10.0 Å². The van der Waals surface area contributed by atoms with E-state index in [1.165, 1.54) is 0 Å². The molecule has 0 radical (unpaired) electrons. The lowest BCUT2D eigenvalue weighted by molar-refractivity contribution is -0.128. The van der Waals surface area contributed by atoms with Crippen LogP contribution in [0.3, 0.4) is 0 Å². The number of anilines is 1. The lowest BCUT2D eigenvalue weighted by Crippen LogP contribution is -2.34. The van der Waals surface area contributed by atoms with Crippen LogP contribution in [0.1, 0.15) is 24.8 Å². The molecule has 1 aromatic carbocycles. The van der Waals surface area contributed by atoms with Crippen molar-refractivity contribution >= 4 is 17.3 Å². The number of amides is 1. The number of benzene rings is 1. The number of fused-ring (bicyclic) bond motifs is 1. The highest BCUT2D eigenvalue weighted by Gasteiger charge is 2.21. The Morgan fingerprint density at radius 1 is 1.40 bits per heavy atom. The number of carbonyl (C=O) groups excluding carboxylic acids is 1. The van der Waals surface area contributed by atoms with Gasteiger partial charge in [-0.2, -0.15) is 0 Å². The number of hydrogen-bond acceptors (Lipinski definition) is 4. The van der Waals surface area contributed by atoms with Crippen molar-refractivity contribution in [3.8, 4) is 0 Å². The van der Waals surface area contributed by atoms with E-state index in [0.717, 1.165) is 42.9 Å². The van der Waals surface area contributed by atoms with Gasteiger partial charge in [-0.3, -0.25) is 4.79 Å². The molecule has 0 spiro atoms. The lowest BCUT2D eigenvalue weighted by atomic mass is 9.99. The summed E-state index contributed by atoms with van der Waals surface area (Å²) in [6, 6.07) is 7.94. The van der Waals surface area contributed by atoms with E-state index in [2.05, 4.69) is 10.1 Å². The van der Waals surface area contributed by atoms with Gasteiger partial charge < -0.3 is 15.0 Å². The predicted octanol–water partition coefficient (Wildman–Crippen LogP) is 1.94. The van der Waals surface area contributed by atoms with Gasteiger partial charge in [0.05, 0.1) is 5.71 Å². The third-order valence-corrected chi connectivity index (χ3v) is 3.61. The molecule has 0 saturated carbocycles. The highest BCUT2D eigenvalue weighted by molar-refractivity contribution is 6.06. The minimum atomic E-state index is 0.160. The Morgan fingerprint density at radius 2 is 2.15 bits per heavy atom. The normalized spacial score (nSPS) is 16.1. The number of rotatable bonds is 4. The average Bonchev–Trinajstić information content (AvgIpc) is 2.47. The Labute approximate surface area is 119 Å². The van der Waals surface area contributed by atoms with Gasteiger partial charge in [-0.25, -0.2) is 0 Å². The van der Waals surface area contributed by atoms with Gasteiger partial charge in [-0.1, -0.05) is 23.4 Å². The number of oxime groups is 1. The van der Waals surface area contributed by atoms with Gasteiger partial charge in [-0.15, -0.1) is 0 Å². The molecule has 5 heteroatoms. The van der Waals surface area contributed by atoms with Gasteiger partial charge in [-0.05, 0) is 12.5 Å². The highest BCUT2D eigenvalue weighted by Crippen LogP contribution is 2.27. The molecule has 1 aromatic rings. The second-order valence-electron chi connectivity index (χ2n) is 5.19. The van der Waals surface area contributed by atoms with E-state index < -0.39 is 0 Å². The molecule has 1 aliphatic heterocycles. The molecule has 1 heterocycles. The third kappa shape index (κ3) is 3.10. The molecule has 0 bridgehead atoms. The van der Waals surface area contributed by atoms with Crippen molar-refractivity contribution in [1.29, 1.82) is 0 Å². The second-order valence-corrected chi connectivity index (χ2v) is 5.19. The first-order chi connectivity index (χ1) is 9.63. The number of nitrogens with zero attached hydrogens (tertiary/aromatic N) is 3. The van der Waals surface area contributed by atoms with Gasteiger partial charge in [0, 0.05) is 51.3 Å². The average molecular weight is 275 g/mol. The van der Waals surface area contributed by atoms with Crippen LogP contribution in [0.5, 0.6) is 0 Å². The van der Waals surface area contributed by atoms with Crippen molar-refractivity contribution in [2.24, 2.45) is 5.16 Å². The molecule has 0 saturated heterocycles. The SMILES string of the molecule is CN(C)C(=O)CCCN1CCC(=NO)c2ccccc21. The van der Waals surface area contributed by atoms with Crippen LogP contribution >= 0.6 is 0 Å². The summed E-state index contributed by atoms with van der Waals surface area (Å²) < 4.78 is 0. The molecule has 1 N–H and O–H groups in total. The van der Waals surface area contributed by atoms with E-state index in [0.29, 0.717) is 6.42 Å². The third-order valence-electron chi connectivity index (χ3n) is 3.61. The maximum Gasteiger partial charge on any atom is 0.222 e. The summed E-state index contributed by atoms with van der Waals surface area (Å²) in [5.41, 5.74) is 2.81. The molecule has 1 aliphatic rings. The summed E-state index contributed by atoms with van der Waals surface area (Å²) in [6.45, 7) is 1.67. The first-order valence-electron chi connectivity index (χ1n) is 6.89. The summed E-state index contributed by atoms with van der Waals surface area (Å²) in [7, 11) is 3.56. The quantitative estimate of drug-likeness (QED) is 0.675. The van der Waals surface area contributed by atoms with E-state index in [4.69, 9.17) is 5.21 Å². The van der Waals surface area contributed by atoms with Gasteiger partial charge in [0.15, 0.2) is 0 Å². The van der Waals surface area contributed by atoms with Crippen molar-refractivity contribution in [3.05, 3.63) is 29.8 Å². The zero-order valence-electron chi connectivity index (χ0n) is 12.0. The Balaban J connectivity index is 2.02. The molecule has 0 unspecified atom stereocenters. The standard InChI is InChI=1S/C15H21N3O2/c1-17(2)15(19)8-5-10-18-11-9-13(16-20)12-6-3-4-7-14(12)18/h3-4,6-7,20H,5,8-11H2,1-2H3. The van der Waals surface area contributed by atoms with Crippen LogP contribution in [-0.4, -0.2) is 48.9 Å². The Morgan fingerprint density at radius 3 is 2.85 bits per heavy atom. The molecule has 20 heavy (non-hydrogen) atoms. The molecule has 108 valence electrons. The molecular weight excluding hydrogens is 254 g/mol. The highest BCUT2D eigenvalue weighted by atomic mass is 16.4. The second kappa shape index (κ2) is 6.41. The minimum absolute atomic E-state index is 0.160. The molecule has 0 fully saturated rings. The fourth-order valence-corrected chi connectivity index (χ4v) is 2.47. The maximum absolute atomic E-state index is 11.6. The first kappa shape index (κ1) is 14.4. The van der Waals surface area contributed by atoms with Crippen molar-refractivity contribution in [3.63, 3.8) is 0 Å². The van der Waals surface area contributed by atoms with Crippen molar-refractivity contribution in [2.45, 2.75) is 19.3 Å². The number of hydrogen-bond donors (Lipinski definition) is 1. The van der Waals surface area contributed by atoms with Gasteiger partial charge in [0.25, 0.3) is 0 Å². The van der Waals surface area contributed by atoms with Crippen LogP contribution in [0.15, 0.2) is 29.4 Å². The van der Waals surface area contributed by atoms with E-state index in [9.17, 15) is 4.79 Å².